The Hall–Kier alpha value is -0.0800. The van der Waals surface area contributed by atoms with Crippen LogP contribution in [-0.4, -0.2) is 37.6 Å². The van der Waals surface area contributed by atoms with Crippen molar-refractivity contribution in [3.8, 4) is 0 Å². The molecular weight excluding hydrogens is 172 g/mol. The fourth-order valence-electron chi connectivity index (χ4n) is 2.51. The molecule has 14 heavy (non-hydrogen) atoms. The third-order valence-corrected chi connectivity index (χ3v) is 3.66. The molecule has 1 N–H and O–H groups in total. The molecule has 1 saturated heterocycles. The van der Waals surface area contributed by atoms with Crippen molar-refractivity contribution in [2.75, 3.05) is 26.7 Å². The monoisotopic (exact) mass is 198 g/mol. The van der Waals surface area contributed by atoms with E-state index < -0.39 is 0 Å². The zero-order valence-corrected chi connectivity index (χ0v) is 10.4. The number of nitrogens with zero attached hydrogens (tertiary/aromatic N) is 1. The van der Waals surface area contributed by atoms with Gasteiger partial charge in [0.1, 0.15) is 0 Å². The molecule has 1 unspecified atom stereocenters. The van der Waals surface area contributed by atoms with E-state index in [1.165, 1.54) is 26.1 Å². The lowest BCUT2D eigenvalue weighted by atomic mass is 9.73. The second-order valence-corrected chi connectivity index (χ2v) is 5.60. The predicted molar refractivity (Wildman–Crippen MR) is 62.5 cm³/mol. The van der Waals surface area contributed by atoms with Gasteiger partial charge in [-0.15, -0.1) is 0 Å². The Morgan fingerprint density at radius 1 is 1.43 bits per heavy atom. The summed E-state index contributed by atoms with van der Waals surface area (Å²) in [5, 5.41) is 3.32. The van der Waals surface area contributed by atoms with E-state index in [1.807, 2.05) is 0 Å². The van der Waals surface area contributed by atoms with Gasteiger partial charge in [0.2, 0.25) is 0 Å². The number of hydrogen-bond acceptors (Lipinski definition) is 2. The highest BCUT2D eigenvalue weighted by atomic mass is 15.2. The molecule has 1 rings (SSSR count). The molecule has 0 bridgehead atoms. The Balaban J connectivity index is 2.56. The zero-order chi connectivity index (χ0) is 10.8. The van der Waals surface area contributed by atoms with Gasteiger partial charge in [-0.1, -0.05) is 13.8 Å². The van der Waals surface area contributed by atoms with E-state index in [1.54, 1.807) is 0 Å². The summed E-state index contributed by atoms with van der Waals surface area (Å²) in [5.74, 6) is 0.836. The van der Waals surface area contributed by atoms with Crippen molar-refractivity contribution >= 4 is 0 Å². The van der Waals surface area contributed by atoms with Crippen LogP contribution >= 0.6 is 0 Å². The lowest BCUT2D eigenvalue weighted by Crippen LogP contribution is -2.50. The van der Waals surface area contributed by atoms with Crippen LogP contribution in [0.2, 0.25) is 0 Å². The van der Waals surface area contributed by atoms with Crippen molar-refractivity contribution in [3.63, 3.8) is 0 Å². The molecule has 0 radical (unpaired) electrons. The van der Waals surface area contributed by atoms with Crippen LogP contribution < -0.4 is 5.32 Å². The van der Waals surface area contributed by atoms with Crippen molar-refractivity contribution in [1.29, 1.82) is 0 Å². The number of piperidine rings is 1. The highest BCUT2D eigenvalue weighted by molar-refractivity contribution is 4.88. The molecule has 0 aliphatic carbocycles. The maximum absolute atomic E-state index is 3.32. The molecule has 1 atom stereocenters. The number of nitrogens with one attached hydrogen (secondary N) is 1. The summed E-state index contributed by atoms with van der Waals surface area (Å²) in [4.78, 5) is 2.60. The Morgan fingerprint density at radius 2 is 2.07 bits per heavy atom. The minimum absolute atomic E-state index is 0.464. The molecule has 1 aliphatic heterocycles. The van der Waals surface area contributed by atoms with Gasteiger partial charge in [0, 0.05) is 12.6 Å². The summed E-state index contributed by atoms with van der Waals surface area (Å²) in [7, 11) is 2.06. The van der Waals surface area contributed by atoms with Gasteiger partial charge < -0.3 is 10.2 Å². The topological polar surface area (TPSA) is 15.3 Å². The van der Waals surface area contributed by atoms with Crippen LogP contribution in [0.4, 0.5) is 0 Å². The number of rotatable bonds is 3. The van der Waals surface area contributed by atoms with E-state index in [0.29, 0.717) is 11.5 Å². The lowest BCUT2D eigenvalue weighted by Gasteiger charge is -2.46. The van der Waals surface area contributed by atoms with E-state index in [4.69, 9.17) is 0 Å². The van der Waals surface area contributed by atoms with Crippen LogP contribution in [0.1, 0.15) is 34.1 Å². The van der Waals surface area contributed by atoms with Crippen LogP contribution in [0.3, 0.4) is 0 Å². The number of likely N-dealkylation sites (tertiary alicyclic amines) is 1. The largest absolute Gasteiger partial charge is 0.319 e. The second-order valence-electron chi connectivity index (χ2n) is 5.60. The van der Waals surface area contributed by atoms with Gasteiger partial charge in [0.05, 0.1) is 0 Å². The number of hydrogen-bond donors (Lipinski definition) is 1. The van der Waals surface area contributed by atoms with Crippen LogP contribution in [0.5, 0.6) is 0 Å². The van der Waals surface area contributed by atoms with Crippen LogP contribution in [0, 0.1) is 11.3 Å². The molecule has 2 heteroatoms. The molecule has 0 spiro atoms. The SMILES string of the molecule is CNCC1CCN(C(C)C)CC1(C)C. The minimum Gasteiger partial charge on any atom is -0.319 e. The van der Waals surface area contributed by atoms with Gasteiger partial charge in [0.15, 0.2) is 0 Å². The summed E-state index contributed by atoms with van der Waals surface area (Å²) in [6, 6.07) is 0.699. The average molecular weight is 198 g/mol. The quantitative estimate of drug-likeness (QED) is 0.746. The molecule has 0 amide bonds. The first-order valence-corrected chi connectivity index (χ1v) is 5.86. The molecular formula is C12H26N2. The summed E-state index contributed by atoms with van der Waals surface area (Å²) in [6.45, 7) is 13.1. The third-order valence-electron chi connectivity index (χ3n) is 3.66. The van der Waals surface area contributed by atoms with Crippen molar-refractivity contribution in [3.05, 3.63) is 0 Å². The minimum atomic E-state index is 0.464. The predicted octanol–water partition coefficient (Wildman–Crippen LogP) is 1.96. The van der Waals surface area contributed by atoms with Crippen LogP contribution in [-0.2, 0) is 0 Å². The lowest BCUT2D eigenvalue weighted by molar-refractivity contribution is 0.0377. The third kappa shape index (κ3) is 2.71. The first kappa shape index (κ1) is 12.0. The molecule has 84 valence electrons. The Kier molecular flexibility index (Phi) is 3.96. The fraction of sp³-hybridized carbons (Fsp3) is 1.00. The van der Waals surface area contributed by atoms with Gasteiger partial charge in [0.25, 0.3) is 0 Å². The van der Waals surface area contributed by atoms with Crippen molar-refractivity contribution < 1.29 is 0 Å². The molecule has 1 heterocycles. The second kappa shape index (κ2) is 4.63. The van der Waals surface area contributed by atoms with Crippen molar-refractivity contribution in [2.24, 2.45) is 11.3 Å². The molecule has 0 aromatic heterocycles. The first-order chi connectivity index (χ1) is 6.47. The van der Waals surface area contributed by atoms with E-state index in [0.717, 1.165) is 5.92 Å². The fourth-order valence-corrected chi connectivity index (χ4v) is 2.51. The van der Waals surface area contributed by atoms with Gasteiger partial charge in [-0.05, 0) is 51.7 Å². The summed E-state index contributed by atoms with van der Waals surface area (Å²) in [5.41, 5.74) is 0.464. The van der Waals surface area contributed by atoms with E-state index in [9.17, 15) is 0 Å². The van der Waals surface area contributed by atoms with Gasteiger partial charge in [-0.25, -0.2) is 0 Å². The Labute approximate surface area is 89.1 Å². The van der Waals surface area contributed by atoms with Crippen LogP contribution in [0.15, 0.2) is 0 Å². The van der Waals surface area contributed by atoms with E-state index in [2.05, 4.69) is 45.0 Å². The van der Waals surface area contributed by atoms with Crippen molar-refractivity contribution in [2.45, 2.75) is 40.2 Å². The maximum atomic E-state index is 3.32. The molecule has 1 aliphatic rings. The Bertz CT molecular complexity index is 175. The average Bonchev–Trinajstić information content (AvgIpc) is 2.08. The molecule has 0 aromatic carbocycles. The van der Waals surface area contributed by atoms with Crippen molar-refractivity contribution in [1.82, 2.24) is 10.2 Å². The van der Waals surface area contributed by atoms with Gasteiger partial charge in [-0.2, -0.15) is 0 Å². The summed E-state index contributed by atoms with van der Waals surface area (Å²) < 4.78 is 0. The molecule has 2 nitrogen and oxygen atoms in total. The molecule has 0 saturated carbocycles. The highest BCUT2D eigenvalue weighted by Gasteiger charge is 2.35. The van der Waals surface area contributed by atoms with E-state index in [-0.39, 0.29) is 0 Å². The summed E-state index contributed by atoms with van der Waals surface area (Å²) >= 11 is 0. The van der Waals surface area contributed by atoms with E-state index >= 15 is 0 Å². The van der Waals surface area contributed by atoms with Gasteiger partial charge >= 0.3 is 0 Å². The maximum Gasteiger partial charge on any atom is 0.00388 e. The smallest absolute Gasteiger partial charge is 0.00388 e. The molecule has 1 fully saturated rings. The standard InChI is InChI=1S/C12H26N2/c1-10(2)14-7-6-11(8-13-5)12(3,4)9-14/h10-11,13H,6-9H2,1-5H3. The Morgan fingerprint density at radius 3 is 2.50 bits per heavy atom. The summed E-state index contributed by atoms with van der Waals surface area (Å²) in [6.07, 6.45) is 1.34. The van der Waals surface area contributed by atoms with Gasteiger partial charge in [-0.3, -0.25) is 0 Å². The normalized spacial score (nSPS) is 28.3. The highest BCUT2D eigenvalue weighted by Crippen LogP contribution is 2.34. The first-order valence-electron chi connectivity index (χ1n) is 5.86. The zero-order valence-electron chi connectivity index (χ0n) is 10.4. The molecule has 0 aromatic rings. The van der Waals surface area contributed by atoms with Crippen LogP contribution in [0.25, 0.3) is 0 Å².